The van der Waals surface area contributed by atoms with Gasteiger partial charge in [-0.2, -0.15) is 0 Å². The third kappa shape index (κ3) is 4.18. The molecule has 0 aromatic heterocycles. The van der Waals surface area contributed by atoms with Crippen molar-refractivity contribution in [2.24, 2.45) is 11.7 Å². The highest BCUT2D eigenvalue weighted by Crippen LogP contribution is 2.17. The molecule has 3 N–H and O–H groups in total. The SMILES string of the molecule is NCCNC(=O)C1CCCN(CC(=O)N2CCCC2)C1. The van der Waals surface area contributed by atoms with Crippen LogP contribution in [0.25, 0.3) is 0 Å². The Bertz CT molecular complexity index is 342. The summed E-state index contributed by atoms with van der Waals surface area (Å²) in [6, 6.07) is 0. The molecule has 0 bridgehead atoms. The molecule has 6 nitrogen and oxygen atoms in total. The predicted octanol–water partition coefficient (Wildman–Crippen LogP) is -0.604. The number of hydrogen-bond donors (Lipinski definition) is 2. The summed E-state index contributed by atoms with van der Waals surface area (Å²) in [7, 11) is 0. The summed E-state index contributed by atoms with van der Waals surface area (Å²) in [4.78, 5) is 28.1. The molecule has 2 amide bonds. The highest BCUT2D eigenvalue weighted by atomic mass is 16.2. The fraction of sp³-hybridized carbons (Fsp3) is 0.857. The van der Waals surface area contributed by atoms with Crippen molar-refractivity contribution in [3.05, 3.63) is 0 Å². The third-order valence-corrected chi connectivity index (χ3v) is 4.14. The summed E-state index contributed by atoms with van der Waals surface area (Å²) in [6.45, 7) is 4.86. The molecule has 2 rings (SSSR count). The zero-order valence-corrected chi connectivity index (χ0v) is 12.1. The van der Waals surface area contributed by atoms with Gasteiger partial charge in [-0.05, 0) is 32.2 Å². The van der Waals surface area contributed by atoms with Gasteiger partial charge in [0.25, 0.3) is 0 Å². The maximum Gasteiger partial charge on any atom is 0.236 e. The van der Waals surface area contributed by atoms with Crippen molar-refractivity contribution in [3.8, 4) is 0 Å². The first-order valence-corrected chi connectivity index (χ1v) is 7.68. The number of hydrogen-bond acceptors (Lipinski definition) is 4. The van der Waals surface area contributed by atoms with Gasteiger partial charge in [-0.1, -0.05) is 0 Å². The van der Waals surface area contributed by atoms with Crippen LogP contribution in [0.3, 0.4) is 0 Å². The predicted molar refractivity (Wildman–Crippen MR) is 77.0 cm³/mol. The highest BCUT2D eigenvalue weighted by molar-refractivity contribution is 5.80. The zero-order valence-electron chi connectivity index (χ0n) is 12.1. The molecular weight excluding hydrogens is 256 g/mol. The van der Waals surface area contributed by atoms with Crippen LogP contribution >= 0.6 is 0 Å². The molecule has 0 spiro atoms. The van der Waals surface area contributed by atoms with Crippen molar-refractivity contribution in [1.82, 2.24) is 15.1 Å². The van der Waals surface area contributed by atoms with Gasteiger partial charge < -0.3 is 16.0 Å². The minimum atomic E-state index is 0.00155. The lowest BCUT2D eigenvalue weighted by Gasteiger charge is -2.32. The Morgan fingerprint density at radius 3 is 2.60 bits per heavy atom. The average molecular weight is 282 g/mol. The quantitative estimate of drug-likeness (QED) is 0.705. The minimum absolute atomic E-state index is 0.00155. The van der Waals surface area contributed by atoms with Crippen LogP contribution in [0.2, 0.25) is 0 Å². The monoisotopic (exact) mass is 282 g/mol. The molecule has 20 heavy (non-hydrogen) atoms. The lowest BCUT2D eigenvalue weighted by atomic mass is 9.97. The number of carbonyl (C=O) groups is 2. The number of nitrogens with one attached hydrogen (secondary N) is 1. The maximum absolute atomic E-state index is 12.1. The topological polar surface area (TPSA) is 78.7 Å². The Hall–Kier alpha value is -1.14. The largest absolute Gasteiger partial charge is 0.355 e. The minimum Gasteiger partial charge on any atom is -0.355 e. The number of nitrogens with zero attached hydrogens (tertiary/aromatic N) is 2. The number of likely N-dealkylation sites (tertiary alicyclic amines) is 2. The lowest BCUT2D eigenvalue weighted by Crippen LogP contribution is -2.47. The second-order valence-corrected chi connectivity index (χ2v) is 5.74. The summed E-state index contributed by atoms with van der Waals surface area (Å²) >= 11 is 0. The number of piperidine rings is 1. The van der Waals surface area contributed by atoms with Gasteiger partial charge >= 0.3 is 0 Å². The fourth-order valence-electron chi connectivity index (χ4n) is 3.01. The van der Waals surface area contributed by atoms with Crippen molar-refractivity contribution >= 4 is 11.8 Å². The van der Waals surface area contributed by atoms with E-state index < -0.39 is 0 Å². The number of amides is 2. The van der Waals surface area contributed by atoms with Crippen molar-refractivity contribution < 1.29 is 9.59 Å². The molecule has 0 aliphatic carbocycles. The Balaban J connectivity index is 1.77. The van der Waals surface area contributed by atoms with Crippen molar-refractivity contribution in [1.29, 1.82) is 0 Å². The molecule has 1 atom stereocenters. The van der Waals surface area contributed by atoms with Gasteiger partial charge in [-0.25, -0.2) is 0 Å². The summed E-state index contributed by atoms with van der Waals surface area (Å²) < 4.78 is 0. The van der Waals surface area contributed by atoms with E-state index in [1.165, 1.54) is 0 Å². The van der Waals surface area contributed by atoms with Gasteiger partial charge in [0.15, 0.2) is 0 Å². The first-order chi connectivity index (χ1) is 9.70. The molecule has 114 valence electrons. The van der Waals surface area contributed by atoms with Gasteiger partial charge in [-0.15, -0.1) is 0 Å². The van der Waals surface area contributed by atoms with E-state index in [1.54, 1.807) is 0 Å². The van der Waals surface area contributed by atoms with E-state index >= 15 is 0 Å². The fourth-order valence-corrected chi connectivity index (χ4v) is 3.01. The lowest BCUT2D eigenvalue weighted by molar-refractivity contribution is -0.133. The first kappa shape index (κ1) is 15.3. The number of rotatable bonds is 5. The number of nitrogens with two attached hydrogens (primary N) is 1. The third-order valence-electron chi connectivity index (χ3n) is 4.14. The molecule has 2 heterocycles. The second-order valence-electron chi connectivity index (χ2n) is 5.74. The standard InChI is InChI=1S/C14H26N4O2/c15-5-6-16-14(20)12-4-3-7-17(10-12)11-13(19)18-8-1-2-9-18/h12H,1-11,15H2,(H,16,20). The van der Waals surface area contributed by atoms with E-state index in [2.05, 4.69) is 10.2 Å². The van der Waals surface area contributed by atoms with Gasteiger partial charge in [-0.3, -0.25) is 14.5 Å². The summed E-state index contributed by atoms with van der Waals surface area (Å²) in [6.07, 6.45) is 4.13. The van der Waals surface area contributed by atoms with Crippen LogP contribution in [0, 0.1) is 5.92 Å². The van der Waals surface area contributed by atoms with Gasteiger partial charge in [0, 0.05) is 32.7 Å². The molecule has 2 aliphatic rings. The Morgan fingerprint density at radius 1 is 1.15 bits per heavy atom. The number of carbonyl (C=O) groups excluding carboxylic acids is 2. The van der Waals surface area contributed by atoms with Crippen LogP contribution in [0.4, 0.5) is 0 Å². The Morgan fingerprint density at radius 2 is 1.90 bits per heavy atom. The van der Waals surface area contributed by atoms with Crippen LogP contribution in [0.1, 0.15) is 25.7 Å². The van der Waals surface area contributed by atoms with Crippen LogP contribution in [0.5, 0.6) is 0 Å². The molecule has 2 saturated heterocycles. The van der Waals surface area contributed by atoms with Gasteiger partial charge in [0.05, 0.1) is 12.5 Å². The van der Waals surface area contributed by atoms with Gasteiger partial charge in [0.1, 0.15) is 0 Å². The molecule has 2 fully saturated rings. The van der Waals surface area contributed by atoms with Crippen molar-refractivity contribution in [2.75, 3.05) is 45.8 Å². The van der Waals surface area contributed by atoms with E-state index in [-0.39, 0.29) is 17.7 Å². The smallest absolute Gasteiger partial charge is 0.236 e. The Kier molecular flexibility index (Phi) is 5.79. The Labute approximate surface area is 120 Å². The average Bonchev–Trinajstić information content (AvgIpc) is 2.99. The molecule has 1 unspecified atom stereocenters. The summed E-state index contributed by atoms with van der Waals surface area (Å²) in [5.74, 6) is 0.293. The molecule has 6 heteroatoms. The molecule has 0 aromatic rings. The van der Waals surface area contributed by atoms with Crippen LogP contribution in [-0.4, -0.2) is 67.4 Å². The zero-order chi connectivity index (χ0) is 14.4. The van der Waals surface area contributed by atoms with Crippen molar-refractivity contribution in [2.45, 2.75) is 25.7 Å². The van der Waals surface area contributed by atoms with Crippen LogP contribution < -0.4 is 11.1 Å². The normalized spacial score (nSPS) is 23.9. The van der Waals surface area contributed by atoms with E-state index in [4.69, 9.17) is 5.73 Å². The summed E-state index contributed by atoms with van der Waals surface area (Å²) in [5.41, 5.74) is 5.39. The molecule has 0 saturated carbocycles. The van der Waals surface area contributed by atoms with E-state index in [0.717, 1.165) is 45.3 Å². The van der Waals surface area contributed by atoms with E-state index in [1.807, 2.05) is 4.90 Å². The van der Waals surface area contributed by atoms with E-state index in [0.29, 0.717) is 26.2 Å². The molecular formula is C14H26N4O2. The van der Waals surface area contributed by atoms with Gasteiger partial charge in [0.2, 0.25) is 11.8 Å². The van der Waals surface area contributed by atoms with E-state index in [9.17, 15) is 9.59 Å². The highest BCUT2D eigenvalue weighted by Gasteiger charge is 2.28. The van der Waals surface area contributed by atoms with Crippen LogP contribution in [0.15, 0.2) is 0 Å². The molecule has 2 aliphatic heterocycles. The first-order valence-electron chi connectivity index (χ1n) is 7.68. The van der Waals surface area contributed by atoms with Crippen molar-refractivity contribution in [3.63, 3.8) is 0 Å². The molecule has 0 aromatic carbocycles. The van der Waals surface area contributed by atoms with Crippen LogP contribution in [-0.2, 0) is 9.59 Å². The second kappa shape index (κ2) is 7.59. The molecule has 0 radical (unpaired) electrons. The maximum atomic E-state index is 12.1. The summed E-state index contributed by atoms with van der Waals surface area (Å²) in [5, 5.41) is 2.85.